The lowest BCUT2D eigenvalue weighted by Crippen LogP contribution is -2.52. The smallest absolute Gasteiger partial charge is 0.264 e. The number of amides is 2. The van der Waals surface area contributed by atoms with Crippen molar-refractivity contribution in [2.45, 2.75) is 52.0 Å². The zero-order chi connectivity index (χ0) is 27.9. The minimum absolute atomic E-state index is 0.101. The lowest BCUT2D eigenvalue weighted by Gasteiger charge is -2.32. The van der Waals surface area contributed by atoms with Gasteiger partial charge in [0, 0.05) is 13.1 Å². The van der Waals surface area contributed by atoms with Crippen LogP contribution in [0.1, 0.15) is 36.1 Å². The molecule has 38 heavy (non-hydrogen) atoms. The zero-order valence-corrected chi connectivity index (χ0v) is 23.6. The summed E-state index contributed by atoms with van der Waals surface area (Å²) in [4.78, 5) is 28.2. The number of carbonyl (C=O) groups is 2. The van der Waals surface area contributed by atoms with Crippen LogP contribution in [0.3, 0.4) is 0 Å². The van der Waals surface area contributed by atoms with Gasteiger partial charge in [0.25, 0.3) is 10.0 Å². The van der Waals surface area contributed by atoms with Crippen molar-refractivity contribution in [1.29, 1.82) is 0 Å². The topological polar surface area (TPSA) is 86.8 Å². The summed E-state index contributed by atoms with van der Waals surface area (Å²) in [5.41, 5.74) is 3.99. The van der Waals surface area contributed by atoms with E-state index in [-0.39, 0.29) is 17.3 Å². The van der Waals surface area contributed by atoms with E-state index in [2.05, 4.69) is 5.32 Å². The lowest BCUT2D eigenvalue weighted by atomic mass is 10.1. The van der Waals surface area contributed by atoms with Gasteiger partial charge in [-0.15, -0.1) is 0 Å². The Morgan fingerprint density at radius 3 is 2.16 bits per heavy atom. The molecule has 0 heterocycles. The number of nitrogens with zero attached hydrogens (tertiary/aromatic N) is 2. The Morgan fingerprint density at radius 1 is 0.895 bits per heavy atom. The van der Waals surface area contributed by atoms with Crippen LogP contribution in [0.2, 0.25) is 0 Å². The van der Waals surface area contributed by atoms with Crippen LogP contribution < -0.4 is 9.62 Å². The predicted molar refractivity (Wildman–Crippen MR) is 152 cm³/mol. The minimum atomic E-state index is -4.08. The van der Waals surface area contributed by atoms with Gasteiger partial charge in [-0.25, -0.2) is 8.42 Å². The van der Waals surface area contributed by atoms with E-state index >= 15 is 0 Å². The highest BCUT2D eigenvalue weighted by Gasteiger charge is 2.32. The maximum absolute atomic E-state index is 13.9. The molecule has 3 aromatic rings. The van der Waals surface area contributed by atoms with Crippen LogP contribution in [0.25, 0.3) is 0 Å². The average molecular weight is 536 g/mol. The second-order valence-corrected chi connectivity index (χ2v) is 11.4. The number of sulfonamides is 1. The number of likely N-dealkylation sites (N-methyl/N-ethyl adjacent to an activating group) is 1. The van der Waals surface area contributed by atoms with Crippen molar-refractivity contribution >= 4 is 27.5 Å². The number of rotatable bonds is 11. The van der Waals surface area contributed by atoms with Gasteiger partial charge in [-0.05, 0) is 75.9 Å². The second kappa shape index (κ2) is 12.7. The first-order valence-corrected chi connectivity index (χ1v) is 14.3. The Labute approximate surface area is 226 Å². The van der Waals surface area contributed by atoms with Gasteiger partial charge >= 0.3 is 0 Å². The largest absolute Gasteiger partial charge is 0.355 e. The maximum atomic E-state index is 13.9. The number of hydrogen-bond donors (Lipinski definition) is 1. The van der Waals surface area contributed by atoms with Crippen molar-refractivity contribution in [3.63, 3.8) is 0 Å². The quantitative estimate of drug-likeness (QED) is 0.394. The lowest BCUT2D eigenvalue weighted by molar-refractivity contribution is -0.138. The molecule has 3 aromatic carbocycles. The van der Waals surface area contributed by atoms with E-state index in [0.717, 1.165) is 22.3 Å². The number of anilines is 1. The Hall–Kier alpha value is -3.65. The predicted octanol–water partition coefficient (Wildman–Crippen LogP) is 4.40. The van der Waals surface area contributed by atoms with E-state index in [1.807, 2.05) is 70.2 Å². The summed E-state index contributed by atoms with van der Waals surface area (Å²) >= 11 is 0. The highest BCUT2D eigenvalue weighted by molar-refractivity contribution is 7.92. The van der Waals surface area contributed by atoms with Crippen molar-refractivity contribution in [2.24, 2.45) is 0 Å². The van der Waals surface area contributed by atoms with Crippen molar-refractivity contribution in [1.82, 2.24) is 10.2 Å². The molecule has 0 unspecified atom stereocenters. The molecule has 0 aliphatic rings. The van der Waals surface area contributed by atoms with Crippen molar-refractivity contribution < 1.29 is 18.0 Å². The van der Waals surface area contributed by atoms with Gasteiger partial charge in [0.2, 0.25) is 11.8 Å². The first kappa shape index (κ1) is 28.9. The van der Waals surface area contributed by atoms with Gasteiger partial charge < -0.3 is 10.2 Å². The normalized spacial score (nSPS) is 12.0. The third kappa shape index (κ3) is 7.01. The van der Waals surface area contributed by atoms with Crippen molar-refractivity contribution in [3.8, 4) is 0 Å². The van der Waals surface area contributed by atoms with Crippen LogP contribution in [-0.2, 0) is 26.0 Å². The minimum Gasteiger partial charge on any atom is -0.355 e. The molecule has 1 N–H and O–H groups in total. The molecule has 0 fully saturated rings. The molecule has 0 bridgehead atoms. The molecule has 0 aromatic heterocycles. The Morgan fingerprint density at radius 2 is 1.53 bits per heavy atom. The SMILES string of the molecule is CCNC(=O)[C@@H](C)N(CCc1ccccc1)C(=O)CN(c1cc(C)ccc1C)S(=O)(=O)c1ccc(C)cc1. The van der Waals surface area contributed by atoms with E-state index < -0.39 is 28.5 Å². The second-order valence-electron chi connectivity index (χ2n) is 9.51. The summed E-state index contributed by atoms with van der Waals surface area (Å²) in [5.74, 6) is -0.732. The van der Waals surface area contributed by atoms with E-state index in [4.69, 9.17) is 0 Å². The summed E-state index contributed by atoms with van der Waals surface area (Å²) in [7, 11) is -4.08. The van der Waals surface area contributed by atoms with Gasteiger partial charge in [0.15, 0.2) is 0 Å². The Balaban J connectivity index is 2.02. The van der Waals surface area contributed by atoms with Crippen molar-refractivity contribution in [2.75, 3.05) is 23.9 Å². The highest BCUT2D eigenvalue weighted by atomic mass is 32.2. The van der Waals surface area contributed by atoms with Gasteiger partial charge in [0.1, 0.15) is 12.6 Å². The summed E-state index contributed by atoms with van der Waals surface area (Å²) in [6.07, 6.45) is 0.532. The molecule has 2 amide bonds. The number of carbonyl (C=O) groups excluding carboxylic acids is 2. The van der Waals surface area contributed by atoms with Crippen LogP contribution in [0, 0.1) is 20.8 Å². The molecule has 1 atom stereocenters. The summed E-state index contributed by atoms with van der Waals surface area (Å²) in [5, 5.41) is 2.78. The Kier molecular flexibility index (Phi) is 9.69. The van der Waals surface area contributed by atoms with Gasteiger partial charge in [-0.3, -0.25) is 13.9 Å². The molecule has 8 heteroatoms. The fourth-order valence-electron chi connectivity index (χ4n) is 4.23. The van der Waals surface area contributed by atoms with Gasteiger partial charge in [-0.2, -0.15) is 0 Å². The van der Waals surface area contributed by atoms with Gasteiger partial charge in [0.05, 0.1) is 10.6 Å². The molecule has 7 nitrogen and oxygen atoms in total. The Bertz CT molecular complexity index is 1360. The molecule has 0 radical (unpaired) electrons. The number of benzene rings is 3. The number of hydrogen-bond acceptors (Lipinski definition) is 4. The molecule has 0 saturated heterocycles. The van der Waals surface area contributed by atoms with E-state index in [0.29, 0.717) is 18.7 Å². The molecule has 0 saturated carbocycles. The number of nitrogens with one attached hydrogen (secondary N) is 1. The summed E-state index contributed by atoms with van der Waals surface area (Å²) in [6.45, 7) is 9.34. The maximum Gasteiger partial charge on any atom is 0.264 e. The molecular weight excluding hydrogens is 498 g/mol. The molecule has 202 valence electrons. The van der Waals surface area contributed by atoms with E-state index in [9.17, 15) is 18.0 Å². The van der Waals surface area contributed by atoms with Crippen molar-refractivity contribution in [3.05, 3.63) is 95.1 Å². The molecule has 0 aliphatic carbocycles. The van der Waals surface area contributed by atoms with E-state index in [1.165, 1.54) is 9.21 Å². The summed E-state index contributed by atoms with van der Waals surface area (Å²) < 4.78 is 29.0. The fraction of sp³-hybridized carbons (Fsp3) is 0.333. The molecule has 0 aliphatic heterocycles. The van der Waals surface area contributed by atoms with Crippen LogP contribution in [0.4, 0.5) is 5.69 Å². The molecule has 3 rings (SSSR count). The first-order valence-electron chi connectivity index (χ1n) is 12.8. The fourth-order valence-corrected chi connectivity index (χ4v) is 5.70. The standard InChI is InChI=1S/C30H37N3O4S/c1-6-31-30(35)25(5)32(19-18-26-10-8-7-9-11-26)29(34)21-33(28-20-23(3)12-15-24(28)4)38(36,37)27-16-13-22(2)14-17-27/h7-17,20,25H,6,18-19,21H2,1-5H3,(H,31,35)/t25-/m1/s1. The van der Waals surface area contributed by atoms with Crippen LogP contribution >= 0.6 is 0 Å². The van der Waals surface area contributed by atoms with Crippen LogP contribution in [-0.4, -0.2) is 50.8 Å². The summed E-state index contributed by atoms with van der Waals surface area (Å²) in [6, 6.07) is 21.0. The van der Waals surface area contributed by atoms with Crippen LogP contribution in [0.15, 0.2) is 77.7 Å². The zero-order valence-electron chi connectivity index (χ0n) is 22.8. The van der Waals surface area contributed by atoms with Crippen LogP contribution in [0.5, 0.6) is 0 Å². The molecule has 0 spiro atoms. The third-order valence-electron chi connectivity index (χ3n) is 6.52. The monoisotopic (exact) mass is 535 g/mol. The number of aryl methyl sites for hydroxylation is 3. The third-order valence-corrected chi connectivity index (χ3v) is 8.30. The average Bonchev–Trinajstić information content (AvgIpc) is 2.89. The molecular formula is C30H37N3O4S. The highest BCUT2D eigenvalue weighted by Crippen LogP contribution is 2.28. The first-order chi connectivity index (χ1) is 18.0. The van der Waals surface area contributed by atoms with Gasteiger partial charge in [-0.1, -0.05) is 60.2 Å². The van der Waals surface area contributed by atoms with E-state index in [1.54, 1.807) is 37.3 Å².